The molecule has 1 heterocycles. The summed E-state index contributed by atoms with van der Waals surface area (Å²) in [6, 6.07) is 6.25. The van der Waals surface area contributed by atoms with Crippen molar-refractivity contribution in [3.05, 3.63) is 35.6 Å². The molecule has 120 valence electrons. The fourth-order valence-electron chi connectivity index (χ4n) is 2.50. The number of aryl methyl sites for hydroxylation is 1. The van der Waals surface area contributed by atoms with Crippen LogP contribution in [0.4, 0.5) is 4.39 Å². The van der Waals surface area contributed by atoms with Crippen molar-refractivity contribution in [3.8, 4) is 0 Å². The molecular weight excluding hydrogens is 285 g/mol. The summed E-state index contributed by atoms with van der Waals surface area (Å²) in [6.45, 7) is 3.12. The third-order valence-corrected chi connectivity index (χ3v) is 3.91. The van der Waals surface area contributed by atoms with Crippen LogP contribution in [0.25, 0.3) is 0 Å². The van der Waals surface area contributed by atoms with Crippen LogP contribution < -0.4 is 5.32 Å². The minimum atomic E-state index is -0.262. The topological polar surface area (TPSA) is 52.7 Å². The van der Waals surface area contributed by atoms with Gasteiger partial charge >= 0.3 is 0 Å². The molecule has 0 aliphatic carbocycles. The van der Waals surface area contributed by atoms with Gasteiger partial charge in [-0.2, -0.15) is 0 Å². The Kier molecular flexibility index (Phi) is 5.89. The van der Waals surface area contributed by atoms with Gasteiger partial charge < -0.3 is 10.2 Å². The number of hydrogen-bond acceptors (Lipinski definition) is 3. The lowest BCUT2D eigenvalue weighted by Gasteiger charge is -2.34. The molecule has 0 spiro atoms. The highest BCUT2D eigenvalue weighted by atomic mass is 19.1. The minimum absolute atomic E-state index is 0.00362. The molecule has 6 heteroatoms. The summed E-state index contributed by atoms with van der Waals surface area (Å²) in [5.74, 6) is -0.151. The highest BCUT2D eigenvalue weighted by Crippen LogP contribution is 2.09. The summed E-state index contributed by atoms with van der Waals surface area (Å²) in [5, 5.41) is 2.60. The van der Waals surface area contributed by atoms with Crippen molar-refractivity contribution in [2.75, 3.05) is 39.8 Å². The van der Waals surface area contributed by atoms with Crippen LogP contribution in [0.1, 0.15) is 12.0 Å². The first-order valence-electron chi connectivity index (χ1n) is 7.53. The SMILES string of the molecule is CNC(=O)CN1CCN(C(=O)CCc2ccc(F)cc2)CC1. The van der Waals surface area contributed by atoms with Gasteiger partial charge in [-0.3, -0.25) is 14.5 Å². The molecule has 1 saturated heterocycles. The number of rotatable bonds is 5. The molecule has 1 N–H and O–H groups in total. The smallest absolute Gasteiger partial charge is 0.233 e. The molecule has 5 nitrogen and oxygen atoms in total. The quantitative estimate of drug-likeness (QED) is 0.869. The van der Waals surface area contributed by atoms with E-state index in [1.807, 2.05) is 9.80 Å². The van der Waals surface area contributed by atoms with Crippen molar-refractivity contribution in [1.29, 1.82) is 0 Å². The second-order valence-corrected chi connectivity index (χ2v) is 5.46. The zero-order chi connectivity index (χ0) is 15.9. The van der Waals surface area contributed by atoms with Crippen LogP contribution in [-0.4, -0.2) is 61.4 Å². The van der Waals surface area contributed by atoms with Gasteiger partial charge in [0.15, 0.2) is 0 Å². The molecule has 22 heavy (non-hydrogen) atoms. The summed E-state index contributed by atoms with van der Waals surface area (Å²) >= 11 is 0. The van der Waals surface area contributed by atoms with E-state index < -0.39 is 0 Å². The molecule has 1 aliphatic heterocycles. The van der Waals surface area contributed by atoms with Gasteiger partial charge in [0.1, 0.15) is 5.82 Å². The Morgan fingerprint density at radius 2 is 1.77 bits per heavy atom. The van der Waals surface area contributed by atoms with E-state index in [9.17, 15) is 14.0 Å². The molecule has 1 aromatic rings. The van der Waals surface area contributed by atoms with Crippen molar-refractivity contribution in [1.82, 2.24) is 15.1 Å². The lowest BCUT2D eigenvalue weighted by molar-refractivity contribution is -0.133. The molecule has 2 amide bonds. The average Bonchev–Trinajstić information content (AvgIpc) is 2.54. The zero-order valence-corrected chi connectivity index (χ0v) is 12.8. The van der Waals surface area contributed by atoms with E-state index in [4.69, 9.17) is 0 Å². The molecule has 0 aromatic heterocycles. The number of carbonyl (C=O) groups is 2. The second kappa shape index (κ2) is 7.89. The number of amides is 2. The van der Waals surface area contributed by atoms with Gasteiger partial charge in [0, 0.05) is 39.6 Å². The summed E-state index contributed by atoms with van der Waals surface area (Å²) in [6.07, 6.45) is 1.05. The fourth-order valence-corrected chi connectivity index (χ4v) is 2.50. The van der Waals surface area contributed by atoms with Crippen molar-refractivity contribution < 1.29 is 14.0 Å². The Morgan fingerprint density at radius 1 is 1.14 bits per heavy atom. The van der Waals surface area contributed by atoms with Crippen molar-refractivity contribution in [2.24, 2.45) is 0 Å². The minimum Gasteiger partial charge on any atom is -0.358 e. The molecule has 1 aromatic carbocycles. The monoisotopic (exact) mass is 307 g/mol. The summed E-state index contributed by atoms with van der Waals surface area (Å²) in [7, 11) is 1.62. The van der Waals surface area contributed by atoms with E-state index in [0.717, 1.165) is 18.7 Å². The molecule has 2 rings (SSSR count). The highest BCUT2D eigenvalue weighted by molar-refractivity contribution is 5.78. The Balaban J connectivity index is 1.73. The third kappa shape index (κ3) is 4.80. The van der Waals surface area contributed by atoms with E-state index >= 15 is 0 Å². The summed E-state index contributed by atoms with van der Waals surface area (Å²) in [5.41, 5.74) is 0.966. The normalized spacial score (nSPS) is 15.6. The zero-order valence-electron chi connectivity index (χ0n) is 12.8. The van der Waals surface area contributed by atoms with E-state index in [1.54, 1.807) is 19.2 Å². The second-order valence-electron chi connectivity index (χ2n) is 5.46. The number of nitrogens with zero attached hydrogens (tertiary/aromatic N) is 2. The van der Waals surface area contributed by atoms with Gasteiger partial charge in [0.2, 0.25) is 11.8 Å². The van der Waals surface area contributed by atoms with Gasteiger partial charge in [-0.15, -0.1) is 0 Å². The molecule has 1 aliphatic rings. The predicted molar refractivity (Wildman–Crippen MR) is 81.8 cm³/mol. The van der Waals surface area contributed by atoms with Gasteiger partial charge in [0.25, 0.3) is 0 Å². The summed E-state index contributed by atoms with van der Waals surface area (Å²) in [4.78, 5) is 27.4. The maximum absolute atomic E-state index is 12.8. The van der Waals surface area contributed by atoms with Gasteiger partial charge in [-0.1, -0.05) is 12.1 Å². The van der Waals surface area contributed by atoms with Crippen LogP contribution in [0, 0.1) is 5.82 Å². The standard InChI is InChI=1S/C16H22FN3O2/c1-18-15(21)12-19-8-10-20(11-9-19)16(22)7-4-13-2-5-14(17)6-3-13/h2-3,5-6H,4,7-12H2,1H3,(H,18,21). The third-order valence-electron chi connectivity index (χ3n) is 3.91. The van der Waals surface area contributed by atoms with Gasteiger partial charge in [-0.05, 0) is 24.1 Å². The Hall–Kier alpha value is -1.95. The molecule has 0 unspecified atom stereocenters. The Morgan fingerprint density at radius 3 is 2.36 bits per heavy atom. The first kappa shape index (κ1) is 16.4. The summed E-state index contributed by atoms with van der Waals surface area (Å²) < 4.78 is 12.8. The van der Waals surface area contributed by atoms with Crippen LogP contribution in [0.2, 0.25) is 0 Å². The highest BCUT2D eigenvalue weighted by Gasteiger charge is 2.21. The first-order valence-corrected chi connectivity index (χ1v) is 7.53. The lowest BCUT2D eigenvalue weighted by Crippen LogP contribution is -2.50. The Bertz CT molecular complexity index is 511. The van der Waals surface area contributed by atoms with Gasteiger partial charge in [0.05, 0.1) is 6.54 Å². The molecule has 0 saturated carbocycles. The number of carbonyl (C=O) groups excluding carboxylic acids is 2. The van der Waals surface area contributed by atoms with Crippen molar-refractivity contribution >= 4 is 11.8 Å². The van der Waals surface area contributed by atoms with E-state index in [-0.39, 0.29) is 17.6 Å². The van der Waals surface area contributed by atoms with E-state index in [2.05, 4.69) is 5.32 Å². The molecular formula is C16H22FN3O2. The van der Waals surface area contributed by atoms with E-state index in [0.29, 0.717) is 32.5 Å². The Labute approximate surface area is 130 Å². The van der Waals surface area contributed by atoms with Crippen LogP contribution in [0.15, 0.2) is 24.3 Å². The fraction of sp³-hybridized carbons (Fsp3) is 0.500. The average molecular weight is 307 g/mol. The number of piperazine rings is 1. The van der Waals surface area contributed by atoms with Crippen LogP contribution in [0.5, 0.6) is 0 Å². The number of benzene rings is 1. The number of nitrogens with one attached hydrogen (secondary N) is 1. The molecule has 1 fully saturated rings. The predicted octanol–water partition coefficient (Wildman–Crippen LogP) is 0.649. The van der Waals surface area contributed by atoms with Crippen molar-refractivity contribution in [3.63, 3.8) is 0 Å². The van der Waals surface area contributed by atoms with Crippen LogP contribution in [0.3, 0.4) is 0 Å². The number of hydrogen-bond donors (Lipinski definition) is 1. The molecule has 0 atom stereocenters. The van der Waals surface area contributed by atoms with Crippen LogP contribution in [-0.2, 0) is 16.0 Å². The molecule has 0 bridgehead atoms. The number of halogens is 1. The van der Waals surface area contributed by atoms with Crippen LogP contribution >= 0.6 is 0 Å². The maximum atomic E-state index is 12.8. The maximum Gasteiger partial charge on any atom is 0.233 e. The lowest BCUT2D eigenvalue weighted by atomic mass is 10.1. The largest absolute Gasteiger partial charge is 0.358 e. The first-order chi connectivity index (χ1) is 10.6. The number of likely N-dealkylation sites (N-methyl/N-ethyl adjacent to an activating group) is 1. The van der Waals surface area contributed by atoms with E-state index in [1.165, 1.54) is 12.1 Å². The van der Waals surface area contributed by atoms with Crippen molar-refractivity contribution in [2.45, 2.75) is 12.8 Å². The van der Waals surface area contributed by atoms with Gasteiger partial charge in [-0.25, -0.2) is 4.39 Å². The molecule has 0 radical (unpaired) electrons.